The third kappa shape index (κ3) is 6.45. The number of aryl methyl sites for hydroxylation is 1. The standard InChI is InChI=1S/C35H33ClFN3O4/c1-6-43-31-15-22(4)29(18-28(31)21(2)3)34-39-30-10-8-7-9-27(30)35(41)40(34)38-19-24-16-25(36)17-32(42-5)33(24)44-20-23-11-13-26(37)14-12-23/h7-19,21H,6,20H2,1-5H3. The summed E-state index contributed by atoms with van der Waals surface area (Å²) in [6.45, 7) is 8.78. The summed E-state index contributed by atoms with van der Waals surface area (Å²) >= 11 is 6.43. The van der Waals surface area contributed by atoms with Crippen LogP contribution in [0.3, 0.4) is 0 Å². The first-order valence-electron chi connectivity index (χ1n) is 14.3. The monoisotopic (exact) mass is 613 g/mol. The molecule has 0 aliphatic rings. The molecule has 7 nitrogen and oxygen atoms in total. The fourth-order valence-electron chi connectivity index (χ4n) is 4.92. The molecular formula is C35H33ClFN3O4. The molecule has 0 radical (unpaired) electrons. The number of ether oxygens (including phenoxy) is 3. The summed E-state index contributed by atoms with van der Waals surface area (Å²) < 4.78 is 32.3. The van der Waals surface area contributed by atoms with Gasteiger partial charge in [0.2, 0.25) is 0 Å². The van der Waals surface area contributed by atoms with Crippen molar-refractivity contribution in [2.45, 2.75) is 40.2 Å². The van der Waals surface area contributed by atoms with Crippen molar-refractivity contribution in [3.8, 4) is 28.6 Å². The van der Waals surface area contributed by atoms with Crippen molar-refractivity contribution >= 4 is 28.7 Å². The molecule has 0 amide bonds. The lowest BCUT2D eigenvalue weighted by molar-refractivity contribution is 0.284. The second-order valence-electron chi connectivity index (χ2n) is 10.5. The van der Waals surface area contributed by atoms with Crippen LogP contribution in [0, 0.1) is 12.7 Å². The Labute approximate surface area is 260 Å². The summed E-state index contributed by atoms with van der Waals surface area (Å²) in [4.78, 5) is 18.8. The second-order valence-corrected chi connectivity index (χ2v) is 11.0. The van der Waals surface area contributed by atoms with Crippen molar-refractivity contribution in [3.05, 3.63) is 116 Å². The maximum absolute atomic E-state index is 13.9. The highest BCUT2D eigenvalue weighted by Gasteiger charge is 2.19. The summed E-state index contributed by atoms with van der Waals surface area (Å²) in [5.41, 5.74) is 4.12. The van der Waals surface area contributed by atoms with Gasteiger partial charge in [0.15, 0.2) is 17.3 Å². The Bertz CT molecular complexity index is 1900. The average molecular weight is 614 g/mol. The van der Waals surface area contributed by atoms with Gasteiger partial charge < -0.3 is 14.2 Å². The summed E-state index contributed by atoms with van der Waals surface area (Å²) in [6, 6.07) is 20.5. The zero-order chi connectivity index (χ0) is 31.4. The van der Waals surface area contributed by atoms with Gasteiger partial charge in [-0.1, -0.05) is 49.7 Å². The van der Waals surface area contributed by atoms with Gasteiger partial charge in [-0.2, -0.15) is 9.78 Å². The number of methoxy groups -OCH3 is 1. The van der Waals surface area contributed by atoms with Crippen LogP contribution in [0.25, 0.3) is 22.3 Å². The topological polar surface area (TPSA) is 74.9 Å². The van der Waals surface area contributed by atoms with Crippen molar-refractivity contribution < 1.29 is 18.6 Å². The Morgan fingerprint density at radius 2 is 1.77 bits per heavy atom. The molecule has 9 heteroatoms. The van der Waals surface area contributed by atoms with E-state index in [9.17, 15) is 9.18 Å². The van der Waals surface area contributed by atoms with E-state index in [2.05, 4.69) is 18.9 Å². The minimum absolute atomic E-state index is 0.144. The summed E-state index contributed by atoms with van der Waals surface area (Å²) in [5.74, 6) is 1.77. The van der Waals surface area contributed by atoms with E-state index in [-0.39, 0.29) is 23.9 Å². The van der Waals surface area contributed by atoms with Gasteiger partial charge in [-0.25, -0.2) is 9.37 Å². The number of benzene rings is 4. The molecule has 0 N–H and O–H groups in total. The molecular weight excluding hydrogens is 581 g/mol. The van der Waals surface area contributed by atoms with E-state index < -0.39 is 0 Å². The van der Waals surface area contributed by atoms with E-state index in [1.54, 1.807) is 36.4 Å². The van der Waals surface area contributed by atoms with Crippen LogP contribution in [-0.4, -0.2) is 29.6 Å². The summed E-state index contributed by atoms with van der Waals surface area (Å²) in [6.07, 6.45) is 1.50. The predicted molar refractivity (Wildman–Crippen MR) is 173 cm³/mol. The number of aromatic nitrogens is 2. The lowest BCUT2D eigenvalue weighted by Crippen LogP contribution is -2.21. The first kappa shape index (κ1) is 30.8. The third-order valence-electron chi connectivity index (χ3n) is 7.15. The van der Waals surface area contributed by atoms with Crippen LogP contribution in [0.15, 0.2) is 82.7 Å². The Kier molecular flexibility index (Phi) is 9.30. The van der Waals surface area contributed by atoms with E-state index in [1.807, 2.05) is 38.1 Å². The van der Waals surface area contributed by atoms with Gasteiger partial charge in [0, 0.05) is 22.2 Å². The van der Waals surface area contributed by atoms with Crippen LogP contribution >= 0.6 is 11.6 Å². The molecule has 44 heavy (non-hydrogen) atoms. The predicted octanol–water partition coefficient (Wildman–Crippen LogP) is 8.16. The Morgan fingerprint density at radius 1 is 1.02 bits per heavy atom. The SMILES string of the molecule is CCOc1cc(C)c(-c2nc3ccccc3c(=O)n2N=Cc2cc(Cl)cc(OC)c2OCc2ccc(F)cc2)cc1C(C)C. The lowest BCUT2D eigenvalue weighted by atomic mass is 9.96. The zero-order valence-electron chi connectivity index (χ0n) is 25.2. The molecule has 0 unspecified atom stereocenters. The highest BCUT2D eigenvalue weighted by molar-refractivity contribution is 6.31. The van der Waals surface area contributed by atoms with Gasteiger partial charge in [-0.05, 0) is 78.9 Å². The highest BCUT2D eigenvalue weighted by atomic mass is 35.5. The molecule has 0 saturated carbocycles. The number of hydrogen-bond donors (Lipinski definition) is 0. The second kappa shape index (κ2) is 13.3. The van der Waals surface area contributed by atoms with E-state index in [0.29, 0.717) is 45.4 Å². The molecule has 0 bridgehead atoms. The molecule has 5 aromatic rings. The van der Waals surface area contributed by atoms with Crippen LogP contribution in [0.1, 0.15) is 48.9 Å². The van der Waals surface area contributed by atoms with Crippen molar-refractivity contribution in [2.75, 3.05) is 13.7 Å². The highest BCUT2D eigenvalue weighted by Crippen LogP contribution is 2.36. The molecule has 4 aromatic carbocycles. The Morgan fingerprint density at radius 3 is 2.48 bits per heavy atom. The summed E-state index contributed by atoms with van der Waals surface area (Å²) in [7, 11) is 1.51. The number of halogens is 2. The van der Waals surface area contributed by atoms with Crippen molar-refractivity contribution in [3.63, 3.8) is 0 Å². The van der Waals surface area contributed by atoms with Crippen LogP contribution in [0.4, 0.5) is 4.39 Å². The van der Waals surface area contributed by atoms with Crippen LogP contribution < -0.4 is 19.8 Å². The van der Waals surface area contributed by atoms with E-state index in [0.717, 1.165) is 28.0 Å². The molecule has 5 rings (SSSR count). The van der Waals surface area contributed by atoms with Gasteiger partial charge in [0.25, 0.3) is 5.56 Å². The number of nitrogens with zero attached hydrogens (tertiary/aromatic N) is 3. The van der Waals surface area contributed by atoms with Crippen molar-refractivity contribution in [1.29, 1.82) is 0 Å². The fourth-order valence-corrected chi connectivity index (χ4v) is 5.14. The molecule has 0 aliphatic carbocycles. The van der Waals surface area contributed by atoms with E-state index >= 15 is 0 Å². The third-order valence-corrected chi connectivity index (χ3v) is 7.37. The molecule has 1 heterocycles. The molecule has 0 atom stereocenters. The van der Waals surface area contributed by atoms with Gasteiger partial charge in [0.05, 0.1) is 30.8 Å². The molecule has 0 aliphatic heterocycles. The van der Waals surface area contributed by atoms with Gasteiger partial charge in [-0.15, -0.1) is 0 Å². The Hall–Kier alpha value is -4.69. The van der Waals surface area contributed by atoms with Gasteiger partial charge in [-0.3, -0.25) is 4.79 Å². The Balaban J connectivity index is 1.67. The first-order chi connectivity index (χ1) is 21.2. The molecule has 0 fully saturated rings. The molecule has 0 spiro atoms. The van der Waals surface area contributed by atoms with Gasteiger partial charge in [0.1, 0.15) is 18.2 Å². The van der Waals surface area contributed by atoms with Crippen molar-refractivity contribution in [2.24, 2.45) is 5.10 Å². The van der Waals surface area contributed by atoms with Gasteiger partial charge >= 0.3 is 0 Å². The normalized spacial score (nSPS) is 11.5. The molecule has 226 valence electrons. The van der Waals surface area contributed by atoms with Crippen molar-refractivity contribution in [1.82, 2.24) is 9.66 Å². The smallest absolute Gasteiger partial charge is 0.282 e. The fraction of sp³-hybridized carbons (Fsp3) is 0.229. The quantitative estimate of drug-likeness (QED) is 0.149. The number of fused-ring (bicyclic) bond motifs is 1. The van der Waals surface area contributed by atoms with E-state index in [1.165, 1.54) is 30.1 Å². The largest absolute Gasteiger partial charge is 0.494 e. The summed E-state index contributed by atoms with van der Waals surface area (Å²) in [5, 5.41) is 5.48. The maximum atomic E-state index is 13.9. The number of para-hydroxylation sites is 1. The van der Waals surface area contributed by atoms with E-state index in [4.69, 9.17) is 30.8 Å². The van der Waals surface area contributed by atoms with Crippen LogP contribution in [-0.2, 0) is 6.61 Å². The minimum atomic E-state index is -0.334. The molecule has 0 saturated heterocycles. The average Bonchev–Trinajstić information content (AvgIpc) is 3.00. The zero-order valence-corrected chi connectivity index (χ0v) is 26.0. The molecule has 1 aromatic heterocycles. The lowest BCUT2D eigenvalue weighted by Gasteiger charge is -2.18. The minimum Gasteiger partial charge on any atom is -0.494 e. The first-order valence-corrected chi connectivity index (χ1v) is 14.7. The maximum Gasteiger partial charge on any atom is 0.282 e. The number of rotatable bonds is 10. The number of hydrogen-bond acceptors (Lipinski definition) is 6. The van der Waals surface area contributed by atoms with Crippen LogP contribution in [0.5, 0.6) is 17.2 Å². The van der Waals surface area contributed by atoms with Crippen LogP contribution in [0.2, 0.25) is 5.02 Å².